The van der Waals surface area contributed by atoms with Gasteiger partial charge in [0.2, 0.25) is 0 Å². The summed E-state index contributed by atoms with van der Waals surface area (Å²) in [5, 5.41) is 1.18. The van der Waals surface area contributed by atoms with Gasteiger partial charge in [-0.05, 0) is 30.3 Å². The lowest BCUT2D eigenvalue weighted by Crippen LogP contribution is -1.99. The molecule has 0 aliphatic heterocycles. The van der Waals surface area contributed by atoms with Crippen LogP contribution in [-0.4, -0.2) is 7.11 Å². The molecular weight excluding hydrogens is 319 g/mol. The van der Waals surface area contributed by atoms with Crippen LogP contribution in [0.5, 0.6) is 11.5 Å². The van der Waals surface area contributed by atoms with Gasteiger partial charge < -0.3 is 9.47 Å². The third-order valence-electron chi connectivity index (χ3n) is 2.81. The van der Waals surface area contributed by atoms with Crippen LogP contribution in [0.1, 0.15) is 11.1 Å². The largest absolute Gasteiger partial charge is 0.497 e. The van der Waals surface area contributed by atoms with Crippen molar-refractivity contribution >= 4 is 34.8 Å². The minimum Gasteiger partial charge on any atom is -0.497 e. The molecule has 0 heterocycles. The summed E-state index contributed by atoms with van der Waals surface area (Å²) in [6, 6.07) is 10.8. The van der Waals surface area contributed by atoms with Crippen LogP contribution in [0.25, 0.3) is 0 Å². The van der Waals surface area contributed by atoms with E-state index in [-0.39, 0.29) is 0 Å². The van der Waals surface area contributed by atoms with Crippen molar-refractivity contribution in [2.24, 2.45) is 0 Å². The topological polar surface area (TPSA) is 18.5 Å². The van der Waals surface area contributed by atoms with E-state index in [1.54, 1.807) is 19.2 Å². The maximum absolute atomic E-state index is 6.11. The second kappa shape index (κ2) is 7.07. The quantitative estimate of drug-likeness (QED) is 0.690. The molecule has 106 valence electrons. The number of ether oxygens (including phenoxy) is 2. The summed E-state index contributed by atoms with van der Waals surface area (Å²) < 4.78 is 10.9. The Bertz CT molecular complexity index is 600. The normalized spacial score (nSPS) is 10.4. The Labute approximate surface area is 133 Å². The maximum Gasteiger partial charge on any atom is 0.124 e. The van der Waals surface area contributed by atoms with Gasteiger partial charge in [0.05, 0.1) is 13.0 Å². The van der Waals surface area contributed by atoms with Gasteiger partial charge in [0, 0.05) is 21.2 Å². The molecule has 0 fully saturated rings. The van der Waals surface area contributed by atoms with Crippen LogP contribution < -0.4 is 9.47 Å². The Morgan fingerprint density at radius 2 is 1.80 bits per heavy atom. The lowest BCUT2D eigenvalue weighted by atomic mass is 10.2. The van der Waals surface area contributed by atoms with Crippen molar-refractivity contribution in [2.75, 3.05) is 7.11 Å². The minimum atomic E-state index is 0.348. The van der Waals surface area contributed by atoms with Gasteiger partial charge in [-0.3, -0.25) is 0 Å². The molecule has 0 saturated carbocycles. The Morgan fingerprint density at radius 1 is 1.00 bits per heavy atom. The van der Waals surface area contributed by atoms with Gasteiger partial charge in [-0.15, -0.1) is 11.6 Å². The van der Waals surface area contributed by atoms with Crippen LogP contribution in [0, 0.1) is 0 Å². The van der Waals surface area contributed by atoms with Crippen molar-refractivity contribution in [1.29, 1.82) is 0 Å². The first-order valence-corrected chi connectivity index (χ1v) is 7.22. The second-order valence-corrected chi connectivity index (χ2v) is 5.24. The number of hydrogen-bond acceptors (Lipinski definition) is 2. The molecule has 0 aliphatic carbocycles. The van der Waals surface area contributed by atoms with E-state index in [4.69, 9.17) is 44.3 Å². The highest BCUT2D eigenvalue weighted by molar-refractivity contribution is 6.35. The molecule has 0 N–H and O–H groups in total. The zero-order valence-electron chi connectivity index (χ0n) is 10.8. The van der Waals surface area contributed by atoms with E-state index in [1.165, 1.54) is 0 Å². The SMILES string of the molecule is COc1ccc(OCc2ccc(Cl)cc2Cl)c(CCl)c1. The van der Waals surface area contributed by atoms with Crippen LogP contribution in [0.4, 0.5) is 0 Å². The third-order valence-corrected chi connectivity index (χ3v) is 3.68. The fourth-order valence-corrected chi connectivity index (χ4v) is 2.39. The zero-order chi connectivity index (χ0) is 14.5. The van der Waals surface area contributed by atoms with Gasteiger partial charge in [0.15, 0.2) is 0 Å². The molecule has 0 bridgehead atoms. The molecule has 0 radical (unpaired) electrons. The highest BCUT2D eigenvalue weighted by Gasteiger charge is 2.07. The molecule has 2 aromatic rings. The van der Waals surface area contributed by atoms with Crippen LogP contribution in [0.2, 0.25) is 10.0 Å². The summed E-state index contributed by atoms with van der Waals surface area (Å²) in [6.07, 6.45) is 0. The number of benzene rings is 2. The number of halogens is 3. The lowest BCUT2D eigenvalue weighted by Gasteiger charge is -2.12. The Hall–Kier alpha value is -1.09. The predicted molar refractivity (Wildman–Crippen MR) is 83.3 cm³/mol. The van der Waals surface area contributed by atoms with Crippen molar-refractivity contribution in [3.63, 3.8) is 0 Å². The van der Waals surface area contributed by atoms with E-state index in [1.807, 2.05) is 24.3 Å². The Kier molecular flexibility index (Phi) is 5.41. The Morgan fingerprint density at radius 3 is 2.45 bits per heavy atom. The number of rotatable bonds is 5. The third kappa shape index (κ3) is 3.72. The number of hydrogen-bond donors (Lipinski definition) is 0. The molecule has 0 amide bonds. The van der Waals surface area contributed by atoms with Gasteiger partial charge in [0.25, 0.3) is 0 Å². The van der Waals surface area contributed by atoms with Gasteiger partial charge in [0.1, 0.15) is 18.1 Å². The van der Waals surface area contributed by atoms with Gasteiger partial charge in [-0.1, -0.05) is 29.3 Å². The molecular formula is C15H13Cl3O2. The number of methoxy groups -OCH3 is 1. The standard InChI is InChI=1S/C15H13Cl3O2/c1-19-13-4-5-15(11(6-13)8-16)20-9-10-2-3-12(17)7-14(10)18/h2-7H,8-9H2,1H3. The van der Waals surface area contributed by atoms with E-state index in [0.717, 1.165) is 16.9 Å². The molecule has 0 spiro atoms. The predicted octanol–water partition coefficient (Wildman–Crippen LogP) is 5.32. The van der Waals surface area contributed by atoms with Gasteiger partial charge in [-0.25, -0.2) is 0 Å². The highest BCUT2D eigenvalue weighted by atomic mass is 35.5. The van der Waals surface area contributed by atoms with Crippen molar-refractivity contribution in [2.45, 2.75) is 12.5 Å². The minimum absolute atomic E-state index is 0.348. The molecule has 0 aromatic heterocycles. The molecule has 0 saturated heterocycles. The molecule has 0 aliphatic rings. The maximum atomic E-state index is 6.11. The zero-order valence-corrected chi connectivity index (χ0v) is 13.1. The fraction of sp³-hybridized carbons (Fsp3) is 0.200. The molecule has 2 aromatic carbocycles. The summed E-state index contributed by atoms with van der Waals surface area (Å²) in [4.78, 5) is 0. The molecule has 2 rings (SSSR count). The first-order chi connectivity index (χ1) is 9.63. The molecule has 2 nitrogen and oxygen atoms in total. The van der Waals surface area contributed by atoms with E-state index >= 15 is 0 Å². The second-order valence-electron chi connectivity index (χ2n) is 4.13. The summed E-state index contributed by atoms with van der Waals surface area (Å²) in [7, 11) is 1.61. The summed E-state index contributed by atoms with van der Waals surface area (Å²) >= 11 is 17.9. The van der Waals surface area contributed by atoms with E-state index in [2.05, 4.69) is 0 Å². The van der Waals surface area contributed by atoms with E-state index in [9.17, 15) is 0 Å². The molecule has 5 heteroatoms. The Balaban J connectivity index is 2.14. The van der Waals surface area contributed by atoms with Crippen LogP contribution in [-0.2, 0) is 12.5 Å². The van der Waals surface area contributed by atoms with E-state index in [0.29, 0.717) is 28.3 Å². The van der Waals surface area contributed by atoms with Crippen molar-refractivity contribution in [3.05, 3.63) is 57.6 Å². The van der Waals surface area contributed by atoms with Crippen molar-refractivity contribution in [1.82, 2.24) is 0 Å². The monoisotopic (exact) mass is 330 g/mol. The first-order valence-electron chi connectivity index (χ1n) is 5.93. The summed E-state index contributed by atoms with van der Waals surface area (Å²) in [5.74, 6) is 1.81. The van der Waals surface area contributed by atoms with Gasteiger partial charge >= 0.3 is 0 Å². The molecule has 0 atom stereocenters. The van der Waals surface area contributed by atoms with Crippen LogP contribution >= 0.6 is 34.8 Å². The highest BCUT2D eigenvalue weighted by Crippen LogP contribution is 2.28. The van der Waals surface area contributed by atoms with Crippen LogP contribution in [0.3, 0.4) is 0 Å². The smallest absolute Gasteiger partial charge is 0.124 e. The molecule has 20 heavy (non-hydrogen) atoms. The lowest BCUT2D eigenvalue weighted by molar-refractivity contribution is 0.303. The summed E-state index contributed by atoms with van der Waals surface area (Å²) in [6.45, 7) is 0.353. The average Bonchev–Trinajstić information content (AvgIpc) is 2.46. The van der Waals surface area contributed by atoms with Gasteiger partial charge in [-0.2, -0.15) is 0 Å². The first kappa shape index (κ1) is 15.3. The fourth-order valence-electron chi connectivity index (χ4n) is 1.72. The van der Waals surface area contributed by atoms with Crippen molar-refractivity contribution in [3.8, 4) is 11.5 Å². The van der Waals surface area contributed by atoms with Crippen molar-refractivity contribution < 1.29 is 9.47 Å². The average molecular weight is 332 g/mol. The summed E-state index contributed by atoms with van der Waals surface area (Å²) in [5.41, 5.74) is 1.74. The number of alkyl halides is 1. The van der Waals surface area contributed by atoms with E-state index < -0.39 is 0 Å². The van der Waals surface area contributed by atoms with Crippen LogP contribution in [0.15, 0.2) is 36.4 Å². The molecule has 0 unspecified atom stereocenters.